The second-order valence-corrected chi connectivity index (χ2v) is 1.86. The van der Waals surface area contributed by atoms with Crippen LogP contribution in [0, 0.1) is 0 Å². The second-order valence-electron chi connectivity index (χ2n) is 1.86. The lowest BCUT2D eigenvalue weighted by atomic mass is 10.4. The lowest BCUT2D eigenvalue weighted by Gasteiger charge is -1.93. The Bertz CT molecular complexity index is 192. The van der Waals surface area contributed by atoms with Gasteiger partial charge in [-0.1, -0.05) is 12.7 Å². The van der Waals surface area contributed by atoms with Gasteiger partial charge in [0.05, 0.1) is 0 Å². The number of hydrogen-bond donors (Lipinski definition) is 0. The molecular weight excluding hydrogens is 144 g/mol. The van der Waals surface area contributed by atoms with Crippen molar-refractivity contribution in [1.82, 2.24) is 0 Å². The molecule has 0 saturated heterocycles. The summed E-state index contributed by atoms with van der Waals surface area (Å²) < 4.78 is 4.55. The van der Waals surface area contributed by atoms with E-state index in [1.165, 1.54) is 13.0 Å². The van der Waals surface area contributed by atoms with Gasteiger partial charge in [-0.15, -0.1) is 0 Å². The van der Waals surface area contributed by atoms with Crippen molar-refractivity contribution in [2.45, 2.75) is 6.92 Å². The Morgan fingerprint density at radius 3 is 2.55 bits per heavy atom. The van der Waals surface area contributed by atoms with Gasteiger partial charge in [0.25, 0.3) is 0 Å². The first-order valence-electron chi connectivity index (χ1n) is 3.13. The molecule has 0 bridgehead atoms. The molecule has 0 saturated carbocycles. The Morgan fingerprint density at radius 2 is 2.09 bits per heavy atom. The molecule has 0 heterocycles. The second kappa shape index (κ2) is 5.41. The summed E-state index contributed by atoms with van der Waals surface area (Å²) in [5.41, 5.74) is 0. The third-order valence-corrected chi connectivity index (χ3v) is 0.798. The molecule has 0 aromatic heterocycles. The van der Waals surface area contributed by atoms with Crippen LogP contribution in [0.5, 0.6) is 0 Å². The number of carbonyl (C=O) groups excluding carboxylic acids is 2. The van der Waals surface area contributed by atoms with Crippen molar-refractivity contribution in [3.8, 4) is 0 Å². The number of ether oxygens (including phenoxy) is 1. The first-order valence-corrected chi connectivity index (χ1v) is 3.13. The summed E-state index contributed by atoms with van der Waals surface area (Å²) in [5, 5.41) is 0. The van der Waals surface area contributed by atoms with Gasteiger partial charge < -0.3 is 4.74 Å². The van der Waals surface area contributed by atoms with Gasteiger partial charge in [-0.2, -0.15) is 0 Å². The molecule has 0 radical (unpaired) electrons. The van der Waals surface area contributed by atoms with Gasteiger partial charge in [-0.05, 0) is 13.0 Å². The van der Waals surface area contributed by atoms with E-state index in [-0.39, 0.29) is 12.4 Å². The maximum absolute atomic E-state index is 10.6. The Kier molecular flexibility index (Phi) is 4.73. The van der Waals surface area contributed by atoms with Crippen molar-refractivity contribution in [2.24, 2.45) is 0 Å². The highest BCUT2D eigenvalue weighted by Crippen LogP contribution is 1.82. The monoisotopic (exact) mass is 154 g/mol. The van der Waals surface area contributed by atoms with Crippen LogP contribution in [0.15, 0.2) is 24.8 Å². The number of hydrogen-bond acceptors (Lipinski definition) is 3. The van der Waals surface area contributed by atoms with E-state index < -0.39 is 5.97 Å². The van der Waals surface area contributed by atoms with Gasteiger partial charge in [-0.25, -0.2) is 4.79 Å². The summed E-state index contributed by atoms with van der Waals surface area (Å²) >= 11 is 0. The summed E-state index contributed by atoms with van der Waals surface area (Å²) in [6.45, 7) is 4.89. The zero-order valence-electron chi connectivity index (χ0n) is 6.37. The predicted molar refractivity (Wildman–Crippen MR) is 41.0 cm³/mol. The third-order valence-electron chi connectivity index (χ3n) is 0.798. The van der Waals surface area contributed by atoms with Crippen molar-refractivity contribution in [2.75, 3.05) is 6.61 Å². The summed E-state index contributed by atoms with van der Waals surface area (Å²) in [4.78, 5) is 20.9. The molecule has 0 aliphatic rings. The Morgan fingerprint density at radius 1 is 1.45 bits per heavy atom. The fourth-order valence-corrected chi connectivity index (χ4v) is 0.375. The fourth-order valence-electron chi connectivity index (χ4n) is 0.375. The van der Waals surface area contributed by atoms with Crippen LogP contribution in [0.2, 0.25) is 0 Å². The maximum Gasteiger partial charge on any atom is 0.331 e. The zero-order chi connectivity index (χ0) is 8.69. The van der Waals surface area contributed by atoms with Crippen LogP contribution in [-0.2, 0) is 14.3 Å². The van der Waals surface area contributed by atoms with Crippen molar-refractivity contribution in [3.05, 3.63) is 24.8 Å². The van der Waals surface area contributed by atoms with Crippen LogP contribution >= 0.6 is 0 Å². The molecule has 0 aliphatic carbocycles. The molecule has 0 atom stereocenters. The first kappa shape index (κ1) is 9.62. The molecule has 3 nitrogen and oxygen atoms in total. The van der Waals surface area contributed by atoms with E-state index >= 15 is 0 Å². The quantitative estimate of drug-likeness (QED) is 0.342. The highest BCUT2D eigenvalue weighted by molar-refractivity contribution is 5.94. The molecule has 11 heavy (non-hydrogen) atoms. The zero-order valence-corrected chi connectivity index (χ0v) is 6.37. The van der Waals surface area contributed by atoms with Gasteiger partial charge in [0.15, 0.2) is 5.78 Å². The number of carbonyl (C=O) groups is 2. The van der Waals surface area contributed by atoms with Crippen LogP contribution in [-0.4, -0.2) is 18.4 Å². The fraction of sp³-hybridized carbons (Fsp3) is 0.250. The summed E-state index contributed by atoms with van der Waals surface area (Å²) in [6.07, 6.45) is 3.71. The number of ketones is 1. The molecule has 0 aromatic carbocycles. The Labute approximate surface area is 65.4 Å². The van der Waals surface area contributed by atoms with Crippen molar-refractivity contribution in [3.63, 3.8) is 0 Å². The van der Waals surface area contributed by atoms with Crippen LogP contribution in [0.25, 0.3) is 0 Å². The van der Waals surface area contributed by atoms with Crippen molar-refractivity contribution in [1.29, 1.82) is 0 Å². The third kappa shape index (κ3) is 6.51. The minimum atomic E-state index is -0.528. The molecule has 3 heteroatoms. The lowest BCUT2D eigenvalue weighted by Crippen LogP contribution is -2.00. The van der Waals surface area contributed by atoms with E-state index in [1.807, 2.05) is 0 Å². The first-order chi connectivity index (χ1) is 5.16. The van der Waals surface area contributed by atoms with E-state index in [9.17, 15) is 9.59 Å². The lowest BCUT2D eigenvalue weighted by molar-refractivity contribution is -0.136. The highest BCUT2D eigenvalue weighted by Gasteiger charge is 1.93. The van der Waals surface area contributed by atoms with Gasteiger partial charge in [0.2, 0.25) is 0 Å². The van der Waals surface area contributed by atoms with Gasteiger partial charge in [-0.3, -0.25) is 4.79 Å². The smallest absolute Gasteiger partial charge is 0.331 e. The van der Waals surface area contributed by atoms with E-state index in [0.29, 0.717) is 0 Å². The Hall–Kier alpha value is -1.38. The standard InChI is InChI=1S/C8H10O3/c1-3-6-11-8(10)5-4-7(2)9/h3-5H,1,6H2,2H3/b5-4+. The van der Waals surface area contributed by atoms with Crippen molar-refractivity contribution >= 4 is 11.8 Å². The molecule has 0 aromatic rings. The average molecular weight is 154 g/mol. The highest BCUT2D eigenvalue weighted by atomic mass is 16.5. The number of esters is 1. The van der Waals surface area contributed by atoms with Crippen LogP contribution in [0.3, 0.4) is 0 Å². The molecule has 0 fully saturated rings. The van der Waals surface area contributed by atoms with E-state index in [4.69, 9.17) is 0 Å². The van der Waals surface area contributed by atoms with Gasteiger partial charge in [0, 0.05) is 6.08 Å². The van der Waals surface area contributed by atoms with E-state index in [0.717, 1.165) is 12.2 Å². The normalized spacial score (nSPS) is 9.55. The SMILES string of the molecule is C=CCOC(=O)/C=C/C(C)=O. The predicted octanol–water partition coefficient (Wildman–Crippen LogP) is 0.861. The molecule has 60 valence electrons. The minimum absolute atomic E-state index is 0.168. The molecule has 0 spiro atoms. The van der Waals surface area contributed by atoms with Crippen LogP contribution in [0.4, 0.5) is 0 Å². The van der Waals surface area contributed by atoms with E-state index in [1.54, 1.807) is 0 Å². The largest absolute Gasteiger partial charge is 0.458 e. The van der Waals surface area contributed by atoms with Crippen LogP contribution < -0.4 is 0 Å². The van der Waals surface area contributed by atoms with Gasteiger partial charge in [0.1, 0.15) is 6.61 Å². The molecular formula is C8H10O3. The molecule has 0 unspecified atom stereocenters. The van der Waals surface area contributed by atoms with Crippen molar-refractivity contribution < 1.29 is 14.3 Å². The summed E-state index contributed by atoms with van der Waals surface area (Å²) in [7, 11) is 0. The summed E-state index contributed by atoms with van der Waals surface area (Å²) in [6, 6.07) is 0. The number of allylic oxidation sites excluding steroid dienone is 1. The molecule has 0 rings (SSSR count). The summed E-state index contributed by atoms with van der Waals surface area (Å²) in [5.74, 6) is -0.708. The molecule has 0 aliphatic heterocycles. The minimum Gasteiger partial charge on any atom is -0.458 e. The Balaban J connectivity index is 3.68. The average Bonchev–Trinajstić information content (AvgIpc) is 1.97. The topological polar surface area (TPSA) is 43.4 Å². The molecule has 0 amide bonds. The van der Waals surface area contributed by atoms with E-state index in [2.05, 4.69) is 11.3 Å². The maximum atomic E-state index is 10.6. The van der Waals surface area contributed by atoms with Gasteiger partial charge >= 0.3 is 5.97 Å². The molecule has 0 N–H and O–H groups in total. The number of rotatable bonds is 4. The van der Waals surface area contributed by atoms with Crippen LogP contribution in [0.1, 0.15) is 6.92 Å².